The molecule has 0 unspecified atom stereocenters. The second-order valence-corrected chi connectivity index (χ2v) is 6.72. The van der Waals surface area contributed by atoms with Crippen molar-refractivity contribution in [1.82, 2.24) is 4.98 Å². The average Bonchev–Trinajstić information content (AvgIpc) is 3.03. The molecule has 1 aliphatic rings. The van der Waals surface area contributed by atoms with Gasteiger partial charge < -0.3 is 22.5 Å². The minimum atomic E-state index is -3.90. The van der Waals surface area contributed by atoms with Gasteiger partial charge in [-0.25, -0.2) is 4.98 Å². The van der Waals surface area contributed by atoms with Crippen molar-refractivity contribution in [3.05, 3.63) is 29.6 Å². The summed E-state index contributed by atoms with van der Waals surface area (Å²) < 4.78 is 29.3. The zero-order valence-corrected chi connectivity index (χ0v) is 13.7. The van der Waals surface area contributed by atoms with E-state index in [9.17, 15) is 8.42 Å². The largest absolute Gasteiger partial charge is 0.380 e. The number of benzene rings is 1. The first-order chi connectivity index (χ1) is 11.3. The third-order valence-corrected chi connectivity index (χ3v) is 4.38. The standard InChI is InChI=1S/C12H12N8O2S2/c13-9-10(20-24(21,22)19-9)16-7-3-1-2-6(4-7)8-5-23-12(17-8)18-11(14)15/h1-5H,(H2,13,19)(H,16,20)(H4,14,15,17,18). The summed E-state index contributed by atoms with van der Waals surface area (Å²) in [6.45, 7) is 0. The smallest absolute Gasteiger partial charge is 0.367 e. The molecule has 0 saturated carbocycles. The first-order valence-electron chi connectivity index (χ1n) is 6.46. The van der Waals surface area contributed by atoms with E-state index in [0.29, 0.717) is 16.5 Å². The van der Waals surface area contributed by atoms with E-state index in [1.807, 2.05) is 6.07 Å². The molecule has 0 amide bonds. The van der Waals surface area contributed by atoms with Crippen LogP contribution >= 0.6 is 11.3 Å². The van der Waals surface area contributed by atoms with Crippen LogP contribution in [0.4, 0.5) is 10.8 Å². The van der Waals surface area contributed by atoms with E-state index in [0.717, 1.165) is 5.56 Å². The number of aromatic nitrogens is 1. The molecular formula is C12H12N8O2S2. The Hall–Kier alpha value is -2.99. The Kier molecular flexibility index (Phi) is 3.91. The van der Waals surface area contributed by atoms with E-state index in [2.05, 4.69) is 24.1 Å². The third kappa shape index (κ3) is 3.49. The van der Waals surface area contributed by atoms with Gasteiger partial charge in [0, 0.05) is 16.6 Å². The lowest BCUT2D eigenvalue weighted by Crippen LogP contribution is -2.27. The summed E-state index contributed by atoms with van der Waals surface area (Å²) in [5.41, 5.74) is 18.2. The van der Waals surface area contributed by atoms with Gasteiger partial charge in [0.05, 0.1) is 5.69 Å². The van der Waals surface area contributed by atoms with E-state index in [1.165, 1.54) is 11.3 Å². The van der Waals surface area contributed by atoms with E-state index in [-0.39, 0.29) is 17.6 Å². The lowest BCUT2D eigenvalue weighted by molar-refractivity contribution is 0.601. The molecule has 0 aliphatic carbocycles. The minimum Gasteiger partial charge on any atom is -0.380 e. The molecule has 0 bridgehead atoms. The predicted octanol–water partition coefficient (Wildman–Crippen LogP) is 0.141. The van der Waals surface area contributed by atoms with Crippen molar-refractivity contribution in [3.63, 3.8) is 0 Å². The number of anilines is 1. The molecule has 0 saturated heterocycles. The Labute approximate surface area is 141 Å². The molecular weight excluding hydrogens is 352 g/mol. The second-order valence-electron chi connectivity index (χ2n) is 4.62. The van der Waals surface area contributed by atoms with Crippen LogP contribution in [-0.4, -0.2) is 31.0 Å². The summed E-state index contributed by atoms with van der Waals surface area (Å²) in [4.78, 5) is 8.18. The summed E-state index contributed by atoms with van der Waals surface area (Å²) in [5.74, 6) is -0.280. The zero-order valence-electron chi connectivity index (χ0n) is 12.0. The number of aliphatic imine (C=N–C) groups is 1. The second kappa shape index (κ2) is 5.90. The molecule has 1 aromatic heterocycles. The number of guanidine groups is 1. The van der Waals surface area contributed by atoms with E-state index < -0.39 is 10.2 Å². The lowest BCUT2D eigenvalue weighted by atomic mass is 10.1. The minimum absolute atomic E-state index is 0.0216. The van der Waals surface area contributed by atoms with Crippen molar-refractivity contribution in [1.29, 1.82) is 0 Å². The van der Waals surface area contributed by atoms with Crippen LogP contribution in [0.3, 0.4) is 0 Å². The quantitative estimate of drug-likeness (QED) is 0.442. The average molecular weight is 364 g/mol. The molecule has 24 heavy (non-hydrogen) atoms. The molecule has 0 fully saturated rings. The van der Waals surface area contributed by atoms with Gasteiger partial charge in [0.1, 0.15) is 0 Å². The molecule has 2 aromatic rings. The topological polar surface area (TPSA) is 174 Å². The number of hydrogen-bond donors (Lipinski definition) is 4. The highest BCUT2D eigenvalue weighted by Crippen LogP contribution is 2.28. The Morgan fingerprint density at radius 2 is 2.04 bits per heavy atom. The zero-order chi connectivity index (χ0) is 17.3. The van der Waals surface area contributed by atoms with Gasteiger partial charge in [-0.05, 0) is 12.1 Å². The van der Waals surface area contributed by atoms with E-state index >= 15 is 0 Å². The highest BCUT2D eigenvalue weighted by Gasteiger charge is 2.21. The molecule has 3 rings (SSSR count). The van der Waals surface area contributed by atoms with Gasteiger partial charge >= 0.3 is 10.2 Å². The van der Waals surface area contributed by atoms with Crippen LogP contribution in [0, 0.1) is 0 Å². The van der Waals surface area contributed by atoms with Crippen molar-refractivity contribution >= 4 is 50.0 Å². The summed E-state index contributed by atoms with van der Waals surface area (Å²) in [5, 5.41) is 5.05. The number of hydrogen-bond acceptors (Lipinski definition) is 7. The Bertz CT molecular complexity index is 986. The van der Waals surface area contributed by atoms with Crippen LogP contribution in [0.1, 0.15) is 0 Å². The Morgan fingerprint density at radius 3 is 2.71 bits per heavy atom. The molecule has 7 N–H and O–H groups in total. The first kappa shape index (κ1) is 15.9. The number of nitrogens with one attached hydrogen (secondary N) is 1. The van der Waals surface area contributed by atoms with Crippen molar-refractivity contribution < 1.29 is 8.42 Å². The van der Waals surface area contributed by atoms with Crippen LogP contribution in [0.15, 0.2) is 43.4 Å². The molecule has 0 radical (unpaired) electrons. The van der Waals surface area contributed by atoms with Gasteiger partial charge in [-0.3, -0.25) is 0 Å². The van der Waals surface area contributed by atoms with Gasteiger partial charge in [-0.2, -0.15) is 13.4 Å². The maximum Gasteiger partial charge on any atom is 0.367 e. The van der Waals surface area contributed by atoms with Crippen molar-refractivity contribution in [2.45, 2.75) is 0 Å². The maximum absolute atomic E-state index is 11.3. The van der Waals surface area contributed by atoms with E-state index in [1.54, 1.807) is 23.6 Å². The molecule has 12 heteroatoms. The Morgan fingerprint density at radius 1 is 1.25 bits per heavy atom. The monoisotopic (exact) mass is 364 g/mol. The van der Waals surface area contributed by atoms with Gasteiger partial charge in [-0.15, -0.1) is 20.1 Å². The SMILES string of the molecule is NC(N)=Nc1nc(-c2cccc(NC3=NS(=O)(=O)N=C3N)c2)cs1. The van der Waals surface area contributed by atoms with Gasteiger partial charge in [-0.1, -0.05) is 12.1 Å². The summed E-state index contributed by atoms with van der Waals surface area (Å²) >= 11 is 1.29. The van der Waals surface area contributed by atoms with Crippen LogP contribution in [0.5, 0.6) is 0 Å². The number of thiazole rings is 1. The molecule has 0 atom stereocenters. The fourth-order valence-corrected chi connectivity index (χ4v) is 3.35. The number of nitrogens with two attached hydrogens (primary N) is 3. The molecule has 1 aliphatic heterocycles. The van der Waals surface area contributed by atoms with E-state index in [4.69, 9.17) is 17.2 Å². The van der Waals surface area contributed by atoms with Gasteiger partial charge in [0.2, 0.25) is 5.13 Å². The first-order valence-corrected chi connectivity index (χ1v) is 8.73. The molecule has 1 aromatic carbocycles. The van der Waals surface area contributed by atoms with Crippen molar-refractivity contribution in [3.8, 4) is 11.3 Å². The normalized spacial score (nSPS) is 15.5. The summed E-state index contributed by atoms with van der Waals surface area (Å²) in [7, 11) is -3.90. The highest BCUT2D eigenvalue weighted by atomic mass is 32.2. The number of amidine groups is 2. The molecule has 2 heterocycles. The molecule has 10 nitrogen and oxygen atoms in total. The number of nitrogens with zero attached hydrogens (tertiary/aromatic N) is 4. The fraction of sp³-hybridized carbons (Fsp3) is 0. The highest BCUT2D eigenvalue weighted by molar-refractivity contribution is 7.89. The van der Waals surface area contributed by atoms with Crippen LogP contribution in [0.25, 0.3) is 11.3 Å². The fourth-order valence-electron chi connectivity index (χ4n) is 1.89. The summed E-state index contributed by atoms with van der Waals surface area (Å²) in [6.07, 6.45) is 0. The predicted molar refractivity (Wildman–Crippen MR) is 94.6 cm³/mol. The molecule has 0 spiro atoms. The Balaban J connectivity index is 1.87. The lowest BCUT2D eigenvalue weighted by Gasteiger charge is -2.06. The van der Waals surface area contributed by atoms with Gasteiger partial charge in [0.15, 0.2) is 17.6 Å². The van der Waals surface area contributed by atoms with Gasteiger partial charge in [0.25, 0.3) is 0 Å². The molecule has 124 valence electrons. The van der Waals surface area contributed by atoms with Crippen LogP contribution in [0.2, 0.25) is 0 Å². The van der Waals surface area contributed by atoms with Crippen molar-refractivity contribution in [2.75, 3.05) is 5.32 Å². The number of rotatable bonds is 3. The third-order valence-electron chi connectivity index (χ3n) is 2.80. The van der Waals surface area contributed by atoms with Crippen LogP contribution in [-0.2, 0) is 10.2 Å². The van der Waals surface area contributed by atoms with Crippen molar-refractivity contribution in [2.24, 2.45) is 31.0 Å². The van der Waals surface area contributed by atoms with Crippen LogP contribution < -0.4 is 22.5 Å². The maximum atomic E-state index is 11.3. The summed E-state index contributed by atoms with van der Waals surface area (Å²) in [6, 6.07) is 7.10.